The van der Waals surface area contributed by atoms with Crippen molar-refractivity contribution in [1.29, 1.82) is 0 Å². The molecule has 0 saturated carbocycles. The monoisotopic (exact) mass is 344 g/mol. The lowest BCUT2D eigenvalue weighted by molar-refractivity contribution is -0.122. The van der Waals surface area contributed by atoms with E-state index in [0.29, 0.717) is 6.54 Å². The van der Waals surface area contributed by atoms with Gasteiger partial charge in [0.15, 0.2) is 0 Å². The Kier molecular flexibility index (Phi) is 8.11. The third kappa shape index (κ3) is 5.18. The predicted octanol–water partition coefficient (Wildman–Crippen LogP) is 3.06. The number of hydrogen-bond donors (Lipinski definition) is 2. The molecule has 21 heavy (non-hydrogen) atoms. The van der Waals surface area contributed by atoms with Gasteiger partial charge < -0.3 is 11.1 Å². The minimum atomic E-state index is -0.387. The van der Waals surface area contributed by atoms with Gasteiger partial charge in [-0.25, -0.2) is 0 Å². The summed E-state index contributed by atoms with van der Waals surface area (Å²) in [6, 6.07) is 7.97. The number of nitrogens with one attached hydrogen (secondary N) is 1. The lowest BCUT2D eigenvalue weighted by Crippen LogP contribution is -2.41. The fourth-order valence-electron chi connectivity index (χ4n) is 2.05. The number of carbonyl (C=O) groups is 1. The zero-order valence-corrected chi connectivity index (χ0v) is 14.5. The van der Waals surface area contributed by atoms with Crippen LogP contribution in [-0.2, 0) is 11.2 Å². The molecule has 0 aliphatic carbocycles. The lowest BCUT2D eigenvalue weighted by atomic mass is 10.1. The minimum Gasteiger partial charge on any atom is -0.354 e. The maximum atomic E-state index is 11.8. The molecule has 1 aromatic carbocycles. The number of rotatable bonds is 7. The molecule has 0 saturated heterocycles. The Bertz CT molecular complexity index is 574. The molecular weight excluding hydrogens is 324 g/mol. The van der Waals surface area contributed by atoms with Crippen molar-refractivity contribution in [2.24, 2.45) is 5.73 Å². The van der Waals surface area contributed by atoms with Gasteiger partial charge in [-0.05, 0) is 47.2 Å². The van der Waals surface area contributed by atoms with Gasteiger partial charge in [-0.1, -0.05) is 18.2 Å². The number of hydrogen-bond acceptors (Lipinski definition) is 4. The average molecular weight is 345 g/mol. The molecule has 0 aliphatic rings. The van der Waals surface area contributed by atoms with Crippen molar-refractivity contribution in [2.75, 3.05) is 18.6 Å². The van der Waals surface area contributed by atoms with Crippen molar-refractivity contribution in [1.82, 2.24) is 5.32 Å². The molecule has 2 rings (SSSR count). The van der Waals surface area contributed by atoms with E-state index in [1.54, 1.807) is 23.1 Å². The van der Waals surface area contributed by atoms with E-state index < -0.39 is 0 Å². The van der Waals surface area contributed by atoms with Crippen molar-refractivity contribution < 1.29 is 4.79 Å². The Morgan fingerprint density at radius 1 is 1.43 bits per heavy atom. The Morgan fingerprint density at radius 2 is 2.19 bits per heavy atom. The van der Waals surface area contributed by atoms with Crippen LogP contribution in [0.1, 0.15) is 12.0 Å². The standard InChI is InChI=1S/C15H20N2OS2.ClH/c1-19-9-7-13(16)15(18)17-8-6-11-10-20-14-5-3-2-4-12(11)14;/h2-5,10,13H,6-9,16H2,1H3,(H,17,18);1H/t13-;/m0./s1. The van der Waals surface area contributed by atoms with E-state index in [-0.39, 0.29) is 24.4 Å². The van der Waals surface area contributed by atoms with Gasteiger partial charge in [0.2, 0.25) is 5.91 Å². The van der Waals surface area contributed by atoms with Gasteiger partial charge in [-0.2, -0.15) is 11.8 Å². The SMILES string of the molecule is CSCC[C@H](N)C(=O)NCCc1csc2ccccc12.Cl. The highest BCUT2D eigenvalue weighted by Crippen LogP contribution is 2.25. The van der Waals surface area contributed by atoms with Gasteiger partial charge in [-0.3, -0.25) is 4.79 Å². The van der Waals surface area contributed by atoms with Crippen molar-refractivity contribution >= 4 is 51.5 Å². The topological polar surface area (TPSA) is 55.1 Å². The Morgan fingerprint density at radius 3 is 2.95 bits per heavy atom. The molecule has 0 radical (unpaired) electrons. The Labute approximate surface area is 140 Å². The van der Waals surface area contributed by atoms with Crippen LogP contribution in [0.2, 0.25) is 0 Å². The first-order chi connectivity index (χ1) is 9.72. The number of carbonyl (C=O) groups excluding carboxylic acids is 1. The van der Waals surface area contributed by atoms with Crippen LogP contribution >= 0.6 is 35.5 Å². The molecule has 1 amide bonds. The second-order valence-electron chi connectivity index (χ2n) is 4.69. The first kappa shape index (κ1) is 18.3. The van der Waals surface area contributed by atoms with E-state index >= 15 is 0 Å². The van der Waals surface area contributed by atoms with E-state index in [4.69, 9.17) is 5.73 Å². The van der Waals surface area contributed by atoms with Crippen molar-refractivity contribution in [3.63, 3.8) is 0 Å². The molecule has 2 aromatic rings. The van der Waals surface area contributed by atoms with Crippen LogP contribution < -0.4 is 11.1 Å². The zero-order chi connectivity index (χ0) is 14.4. The second kappa shape index (κ2) is 9.30. The van der Waals surface area contributed by atoms with Gasteiger partial charge in [0.1, 0.15) is 0 Å². The molecule has 0 bridgehead atoms. The third-order valence-electron chi connectivity index (χ3n) is 3.22. The summed E-state index contributed by atoms with van der Waals surface area (Å²) in [5.41, 5.74) is 7.12. The van der Waals surface area contributed by atoms with Crippen LogP contribution in [-0.4, -0.2) is 30.5 Å². The van der Waals surface area contributed by atoms with Crippen molar-refractivity contribution in [2.45, 2.75) is 18.9 Å². The molecule has 3 N–H and O–H groups in total. The maximum absolute atomic E-state index is 11.8. The number of nitrogens with two attached hydrogens (primary N) is 1. The summed E-state index contributed by atoms with van der Waals surface area (Å²) in [6.07, 6.45) is 3.60. The van der Waals surface area contributed by atoms with Crippen LogP contribution in [0.25, 0.3) is 10.1 Å². The molecule has 1 heterocycles. The molecule has 3 nitrogen and oxygen atoms in total. The summed E-state index contributed by atoms with van der Waals surface area (Å²) in [5, 5.41) is 6.39. The number of fused-ring (bicyclic) bond motifs is 1. The molecule has 0 fully saturated rings. The summed E-state index contributed by atoms with van der Waals surface area (Å²) < 4.78 is 1.30. The predicted molar refractivity (Wildman–Crippen MR) is 96.8 cm³/mol. The van der Waals surface area contributed by atoms with Gasteiger partial charge in [0.05, 0.1) is 6.04 Å². The van der Waals surface area contributed by atoms with E-state index in [1.165, 1.54) is 15.6 Å². The van der Waals surface area contributed by atoms with Crippen molar-refractivity contribution in [3.8, 4) is 0 Å². The van der Waals surface area contributed by atoms with E-state index in [1.807, 2.05) is 6.26 Å². The summed E-state index contributed by atoms with van der Waals surface area (Å²) >= 11 is 3.46. The van der Waals surface area contributed by atoms with Crippen molar-refractivity contribution in [3.05, 3.63) is 35.2 Å². The van der Waals surface area contributed by atoms with Crippen LogP contribution in [0.15, 0.2) is 29.6 Å². The number of halogens is 1. The first-order valence-electron chi connectivity index (χ1n) is 6.69. The molecule has 116 valence electrons. The fourth-order valence-corrected chi connectivity index (χ4v) is 3.54. The normalized spacial score (nSPS) is 11.9. The smallest absolute Gasteiger partial charge is 0.236 e. The molecule has 1 aromatic heterocycles. The Hall–Kier alpha value is -0.750. The molecule has 0 spiro atoms. The Balaban J connectivity index is 0.00000220. The van der Waals surface area contributed by atoms with Gasteiger partial charge in [0.25, 0.3) is 0 Å². The number of amides is 1. The van der Waals surface area contributed by atoms with Gasteiger partial charge in [-0.15, -0.1) is 23.7 Å². The molecule has 6 heteroatoms. The third-order valence-corrected chi connectivity index (χ3v) is 4.88. The summed E-state index contributed by atoms with van der Waals surface area (Å²) in [4.78, 5) is 11.8. The number of thiophene rings is 1. The second-order valence-corrected chi connectivity index (χ2v) is 6.58. The first-order valence-corrected chi connectivity index (χ1v) is 8.97. The van der Waals surface area contributed by atoms with E-state index in [9.17, 15) is 4.79 Å². The minimum absolute atomic E-state index is 0. The highest BCUT2D eigenvalue weighted by molar-refractivity contribution is 7.98. The van der Waals surface area contributed by atoms with Crippen LogP contribution in [0.3, 0.4) is 0 Å². The quantitative estimate of drug-likeness (QED) is 0.811. The number of benzene rings is 1. The number of thioether (sulfide) groups is 1. The molecular formula is C15H21ClN2OS2. The summed E-state index contributed by atoms with van der Waals surface area (Å²) in [7, 11) is 0. The fraction of sp³-hybridized carbons (Fsp3) is 0.400. The van der Waals surface area contributed by atoms with E-state index in [0.717, 1.165) is 18.6 Å². The lowest BCUT2D eigenvalue weighted by Gasteiger charge is -2.11. The zero-order valence-electron chi connectivity index (χ0n) is 12.0. The van der Waals surface area contributed by atoms with Crippen LogP contribution in [0, 0.1) is 0 Å². The van der Waals surface area contributed by atoms with Crippen LogP contribution in [0.4, 0.5) is 0 Å². The molecule has 1 atom stereocenters. The van der Waals surface area contributed by atoms with Gasteiger partial charge >= 0.3 is 0 Å². The van der Waals surface area contributed by atoms with Gasteiger partial charge in [0, 0.05) is 11.2 Å². The maximum Gasteiger partial charge on any atom is 0.236 e. The summed E-state index contributed by atoms with van der Waals surface area (Å²) in [5.74, 6) is 0.877. The largest absolute Gasteiger partial charge is 0.354 e. The average Bonchev–Trinajstić information content (AvgIpc) is 2.88. The van der Waals surface area contributed by atoms with E-state index in [2.05, 4.69) is 35.0 Å². The molecule has 0 aliphatic heterocycles. The van der Waals surface area contributed by atoms with Crippen LogP contribution in [0.5, 0.6) is 0 Å². The highest BCUT2D eigenvalue weighted by Gasteiger charge is 2.12. The highest BCUT2D eigenvalue weighted by atomic mass is 35.5. The molecule has 0 unspecified atom stereocenters. The summed E-state index contributed by atoms with van der Waals surface area (Å²) in [6.45, 7) is 0.645.